The Hall–Kier alpha value is -2.94. The number of rotatable bonds is 6. The van der Waals surface area contributed by atoms with E-state index in [9.17, 15) is 24.6 Å². The number of hydrogen-bond acceptors (Lipinski definition) is 6. The van der Waals surface area contributed by atoms with Crippen LogP contribution in [0.5, 0.6) is 0 Å². The first-order chi connectivity index (χ1) is 16.4. The fourth-order valence-electron chi connectivity index (χ4n) is 4.49. The first kappa shape index (κ1) is 26.7. The Morgan fingerprint density at radius 2 is 1.74 bits per heavy atom. The third-order valence-electron chi connectivity index (χ3n) is 6.66. The number of nitrogens with one attached hydrogen (secondary N) is 1. The maximum Gasteiger partial charge on any atom is 0.337 e. The molecule has 1 aliphatic rings. The van der Waals surface area contributed by atoms with Gasteiger partial charge in [-0.15, -0.1) is 0 Å². The first-order valence-corrected chi connectivity index (χ1v) is 11.7. The monoisotopic (exact) mass is 502 g/mol. The van der Waals surface area contributed by atoms with Crippen LogP contribution in [0.1, 0.15) is 53.5 Å². The summed E-state index contributed by atoms with van der Waals surface area (Å²) in [6.45, 7) is 5.61. The van der Waals surface area contributed by atoms with Gasteiger partial charge >= 0.3 is 5.97 Å². The summed E-state index contributed by atoms with van der Waals surface area (Å²) in [5.74, 6) is -1.65. The number of aliphatic hydroxyl groups excluding tert-OH is 1. The number of carbonyl (C=O) groups is 3. The Morgan fingerprint density at radius 1 is 1.11 bits per heavy atom. The Labute approximate surface area is 209 Å². The summed E-state index contributed by atoms with van der Waals surface area (Å²) in [5, 5.41) is 25.0. The van der Waals surface area contributed by atoms with Gasteiger partial charge in [0.05, 0.1) is 24.4 Å². The lowest BCUT2D eigenvalue weighted by Crippen LogP contribution is -2.61. The van der Waals surface area contributed by atoms with Gasteiger partial charge in [-0.05, 0) is 49.2 Å². The van der Waals surface area contributed by atoms with Crippen molar-refractivity contribution in [2.45, 2.75) is 44.9 Å². The van der Waals surface area contributed by atoms with Crippen LogP contribution < -0.4 is 5.32 Å². The zero-order valence-electron chi connectivity index (χ0n) is 20.2. The van der Waals surface area contributed by atoms with Crippen molar-refractivity contribution in [1.82, 2.24) is 10.2 Å². The molecule has 1 heterocycles. The van der Waals surface area contributed by atoms with Gasteiger partial charge in [-0.1, -0.05) is 43.6 Å². The summed E-state index contributed by atoms with van der Waals surface area (Å²) in [4.78, 5) is 39.6. The molecule has 0 aliphatic carbocycles. The molecule has 1 aliphatic heterocycles. The molecule has 0 aromatic heterocycles. The molecule has 1 fully saturated rings. The molecule has 1 unspecified atom stereocenters. The van der Waals surface area contributed by atoms with Gasteiger partial charge in [-0.25, -0.2) is 4.79 Å². The van der Waals surface area contributed by atoms with Crippen LogP contribution in [-0.4, -0.2) is 65.2 Å². The molecule has 3 atom stereocenters. The van der Waals surface area contributed by atoms with Crippen molar-refractivity contribution in [1.29, 1.82) is 0 Å². The molecule has 2 amide bonds. The minimum atomic E-state index is -1.21. The molecule has 8 nitrogen and oxygen atoms in total. The van der Waals surface area contributed by atoms with Crippen molar-refractivity contribution in [2.75, 3.05) is 20.2 Å². The quantitative estimate of drug-likeness (QED) is 0.523. The van der Waals surface area contributed by atoms with E-state index >= 15 is 0 Å². The summed E-state index contributed by atoms with van der Waals surface area (Å²) < 4.78 is 4.68. The van der Waals surface area contributed by atoms with Crippen LogP contribution in [0, 0.1) is 5.41 Å². The van der Waals surface area contributed by atoms with Crippen LogP contribution >= 0.6 is 11.6 Å². The number of carbonyl (C=O) groups excluding carboxylic acids is 3. The molecule has 0 bridgehead atoms. The van der Waals surface area contributed by atoms with Crippen LogP contribution in [0.2, 0.25) is 5.02 Å². The minimum Gasteiger partial charge on any atom is -0.465 e. The summed E-state index contributed by atoms with van der Waals surface area (Å²) in [5.41, 5.74) is -0.852. The van der Waals surface area contributed by atoms with Gasteiger partial charge in [0, 0.05) is 29.1 Å². The van der Waals surface area contributed by atoms with E-state index in [0.29, 0.717) is 10.6 Å². The molecule has 0 spiro atoms. The molecule has 3 rings (SSSR count). The van der Waals surface area contributed by atoms with Crippen LogP contribution in [0.4, 0.5) is 0 Å². The van der Waals surface area contributed by atoms with Gasteiger partial charge in [0.15, 0.2) is 0 Å². The van der Waals surface area contributed by atoms with Crippen molar-refractivity contribution >= 4 is 29.4 Å². The van der Waals surface area contributed by atoms with Crippen LogP contribution in [0.15, 0.2) is 48.5 Å². The fraction of sp³-hybridized carbons (Fsp3) is 0.423. The SMILES string of the molecule is COC(=O)c1cccc(C(=O)N[C@@H](C(=O)N2CC[C@](O)(c3ccc(Cl)cc3)C(C)(C)C2)C(C)O)c1. The Morgan fingerprint density at radius 3 is 2.31 bits per heavy atom. The van der Waals surface area contributed by atoms with Gasteiger partial charge in [0.2, 0.25) is 5.91 Å². The maximum absolute atomic E-state index is 13.4. The minimum absolute atomic E-state index is 0.155. The summed E-state index contributed by atoms with van der Waals surface area (Å²) in [6, 6.07) is 11.7. The van der Waals surface area contributed by atoms with Crippen molar-refractivity contribution in [3.8, 4) is 0 Å². The van der Waals surface area contributed by atoms with Gasteiger partial charge in [-0.2, -0.15) is 0 Å². The fourth-order valence-corrected chi connectivity index (χ4v) is 4.61. The third kappa shape index (κ3) is 5.50. The number of aliphatic hydroxyl groups is 2. The van der Waals surface area contributed by atoms with Gasteiger partial charge in [0.25, 0.3) is 5.91 Å². The van der Waals surface area contributed by atoms with E-state index in [2.05, 4.69) is 10.1 Å². The second-order valence-electron chi connectivity index (χ2n) is 9.52. The molecule has 35 heavy (non-hydrogen) atoms. The predicted octanol–water partition coefficient (Wildman–Crippen LogP) is 2.75. The average Bonchev–Trinajstić information content (AvgIpc) is 2.83. The highest BCUT2D eigenvalue weighted by Crippen LogP contribution is 2.46. The molecule has 1 saturated heterocycles. The van der Waals surface area contributed by atoms with Crippen molar-refractivity contribution in [2.24, 2.45) is 5.41 Å². The molecule has 9 heteroatoms. The van der Waals surface area contributed by atoms with Gasteiger partial charge < -0.3 is 25.2 Å². The van der Waals surface area contributed by atoms with Crippen LogP contribution in [0.3, 0.4) is 0 Å². The number of piperidine rings is 1. The van der Waals surface area contributed by atoms with Gasteiger partial charge in [-0.3, -0.25) is 9.59 Å². The zero-order valence-corrected chi connectivity index (χ0v) is 21.0. The van der Waals surface area contributed by atoms with E-state index in [-0.39, 0.29) is 30.6 Å². The number of amides is 2. The van der Waals surface area contributed by atoms with E-state index in [1.54, 1.807) is 29.2 Å². The standard InChI is InChI=1S/C26H31ClN2O6/c1-16(30)21(28-22(31)17-6-5-7-18(14-17)24(33)35-4)23(32)29-13-12-26(34,25(2,3)15-29)19-8-10-20(27)11-9-19/h5-11,14,16,21,30,34H,12-13,15H2,1-4H3,(H,28,31)/t16?,21-,26+/m1/s1. The summed E-state index contributed by atoms with van der Waals surface area (Å²) >= 11 is 6.00. The van der Waals surface area contributed by atoms with E-state index in [4.69, 9.17) is 11.6 Å². The third-order valence-corrected chi connectivity index (χ3v) is 6.92. The van der Waals surface area contributed by atoms with E-state index < -0.39 is 40.9 Å². The van der Waals surface area contributed by atoms with E-state index in [1.165, 1.54) is 38.3 Å². The topological polar surface area (TPSA) is 116 Å². The number of likely N-dealkylation sites (tertiary alicyclic amines) is 1. The molecule has 0 radical (unpaired) electrons. The Kier molecular flexibility index (Phi) is 7.89. The number of esters is 1. The Bertz CT molecular complexity index is 1100. The van der Waals surface area contributed by atoms with E-state index in [0.717, 1.165) is 0 Å². The van der Waals surface area contributed by atoms with Crippen LogP contribution in [0.25, 0.3) is 0 Å². The molecule has 188 valence electrons. The van der Waals surface area contributed by atoms with E-state index in [1.807, 2.05) is 13.8 Å². The molecule has 2 aromatic carbocycles. The lowest BCUT2D eigenvalue weighted by atomic mass is 9.66. The second kappa shape index (κ2) is 10.4. The van der Waals surface area contributed by atoms with Gasteiger partial charge in [0.1, 0.15) is 6.04 Å². The Balaban J connectivity index is 1.77. The second-order valence-corrected chi connectivity index (χ2v) is 9.96. The molecular weight excluding hydrogens is 472 g/mol. The lowest BCUT2D eigenvalue weighted by Gasteiger charge is -2.51. The van der Waals surface area contributed by atoms with Crippen molar-refractivity contribution < 1.29 is 29.3 Å². The summed E-state index contributed by atoms with van der Waals surface area (Å²) in [6.07, 6.45) is -0.898. The number of methoxy groups -OCH3 is 1. The van der Waals surface area contributed by atoms with Crippen molar-refractivity contribution in [3.05, 3.63) is 70.2 Å². The number of nitrogens with zero attached hydrogens (tertiary/aromatic N) is 1. The average molecular weight is 503 g/mol. The predicted molar refractivity (Wildman–Crippen MR) is 131 cm³/mol. The molecule has 0 saturated carbocycles. The van der Waals surface area contributed by atoms with Crippen molar-refractivity contribution in [3.63, 3.8) is 0 Å². The smallest absolute Gasteiger partial charge is 0.337 e. The maximum atomic E-state index is 13.4. The highest BCUT2D eigenvalue weighted by atomic mass is 35.5. The number of halogens is 1. The molecule has 3 N–H and O–H groups in total. The highest BCUT2D eigenvalue weighted by molar-refractivity contribution is 6.30. The molecular formula is C26H31ClN2O6. The normalized spacial score (nSPS) is 21.1. The largest absolute Gasteiger partial charge is 0.465 e. The first-order valence-electron chi connectivity index (χ1n) is 11.3. The van der Waals surface area contributed by atoms with Crippen LogP contribution in [-0.2, 0) is 15.1 Å². The lowest BCUT2D eigenvalue weighted by molar-refractivity contribution is -0.156. The zero-order chi connectivity index (χ0) is 26.0. The number of hydrogen-bond donors (Lipinski definition) is 3. The molecule has 2 aromatic rings. The number of ether oxygens (including phenoxy) is 1. The summed E-state index contributed by atoms with van der Waals surface area (Å²) in [7, 11) is 1.24. The highest BCUT2D eigenvalue weighted by Gasteiger charge is 2.50. The number of benzene rings is 2.